The largest absolute Gasteiger partial charge is 0.311 e. The fourth-order valence-corrected chi connectivity index (χ4v) is 4.18. The normalized spacial score (nSPS) is 26.7. The lowest BCUT2D eigenvalue weighted by molar-refractivity contribution is 0.597. The Hall–Kier alpha value is -1.01. The number of sulfone groups is 1. The van der Waals surface area contributed by atoms with Crippen molar-refractivity contribution in [3.05, 3.63) is 23.3 Å². The molecule has 0 bridgehead atoms. The summed E-state index contributed by atoms with van der Waals surface area (Å²) in [7, 11) is -2.86. The van der Waals surface area contributed by atoms with Gasteiger partial charge in [-0.2, -0.15) is 0 Å². The Morgan fingerprint density at radius 3 is 3.06 bits per heavy atom. The molecule has 5 nitrogen and oxygen atoms in total. The number of nitrogens with zero attached hydrogens (tertiary/aromatic N) is 2. The molecule has 0 spiro atoms. The molecule has 1 aromatic rings. The Balaban J connectivity index is 1.89. The summed E-state index contributed by atoms with van der Waals surface area (Å²) in [6.07, 6.45) is 3.48. The lowest BCUT2D eigenvalue weighted by atomic mass is 10.1. The summed E-state index contributed by atoms with van der Waals surface area (Å²) < 4.78 is 22.9. The molecule has 1 N–H and O–H groups in total. The first kappa shape index (κ1) is 11.1. The maximum atomic E-state index is 11.4. The Labute approximate surface area is 101 Å². The van der Waals surface area contributed by atoms with Gasteiger partial charge in [-0.3, -0.25) is 0 Å². The van der Waals surface area contributed by atoms with Gasteiger partial charge in [-0.15, -0.1) is 0 Å². The number of aromatic nitrogens is 2. The molecule has 0 radical (unpaired) electrons. The highest BCUT2D eigenvalue weighted by Crippen LogP contribution is 2.27. The minimum atomic E-state index is -2.86. The summed E-state index contributed by atoms with van der Waals surface area (Å²) in [4.78, 5) is 8.86. The molecule has 17 heavy (non-hydrogen) atoms. The number of hydrogen-bond acceptors (Lipinski definition) is 5. The Morgan fingerprint density at radius 1 is 1.41 bits per heavy atom. The van der Waals surface area contributed by atoms with E-state index in [2.05, 4.69) is 15.3 Å². The van der Waals surface area contributed by atoms with Crippen LogP contribution in [0.5, 0.6) is 0 Å². The second-order valence-electron chi connectivity index (χ2n) is 4.73. The Morgan fingerprint density at radius 2 is 2.29 bits per heavy atom. The van der Waals surface area contributed by atoms with Gasteiger partial charge in [0, 0.05) is 18.7 Å². The van der Waals surface area contributed by atoms with Crippen LogP contribution in [0.15, 0.2) is 6.20 Å². The van der Waals surface area contributed by atoms with Gasteiger partial charge in [-0.05, 0) is 24.9 Å². The molecule has 3 heterocycles. The van der Waals surface area contributed by atoms with Gasteiger partial charge < -0.3 is 5.32 Å². The average molecular weight is 253 g/mol. The highest BCUT2D eigenvalue weighted by atomic mass is 32.2. The van der Waals surface area contributed by atoms with Crippen LogP contribution in [-0.4, -0.2) is 36.4 Å². The summed E-state index contributed by atoms with van der Waals surface area (Å²) in [5.41, 5.74) is 2.22. The van der Waals surface area contributed by atoms with Crippen LogP contribution in [0.1, 0.15) is 29.4 Å². The highest BCUT2D eigenvalue weighted by molar-refractivity contribution is 7.91. The van der Waals surface area contributed by atoms with Crippen LogP contribution in [0.25, 0.3) is 0 Å². The first-order valence-electron chi connectivity index (χ1n) is 5.90. The molecule has 2 aliphatic heterocycles. The fraction of sp³-hybridized carbons (Fsp3) is 0.636. The molecule has 0 saturated carbocycles. The van der Waals surface area contributed by atoms with E-state index in [-0.39, 0.29) is 17.4 Å². The molecule has 6 heteroatoms. The van der Waals surface area contributed by atoms with Crippen LogP contribution in [0.3, 0.4) is 0 Å². The molecule has 1 fully saturated rings. The predicted molar refractivity (Wildman–Crippen MR) is 63.5 cm³/mol. The van der Waals surface area contributed by atoms with Crippen LogP contribution >= 0.6 is 0 Å². The van der Waals surface area contributed by atoms with Gasteiger partial charge in [-0.25, -0.2) is 18.4 Å². The standard InChI is InChI=1S/C11H15N3O2S/c15-17(16)4-2-9(7-17)11-13-5-8-1-3-12-6-10(8)14-11/h5,9,12H,1-4,6-7H2. The van der Waals surface area contributed by atoms with E-state index in [1.165, 1.54) is 5.56 Å². The molecule has 1 aromatic heterocycles. The lowest BCUT2D eigenvalue weighted by Gasteiger charge is -2.17. The van der Waals surface area contributed by atoms with E-state index < -0.39 is 9.84 Å². The van der Waals surface area contributed by atoms with Gasteiger partial charge in [0.1, 0.15) is 5.82 Å². The van der Waals surface area contributed by atoms with Crippen molar-refractivity contribution >= 4 is 9.84 Å². The summed E-state index contributed by atoms with van der Waals surface area (Å²) in [6.45, 7) is 1.73. The van der Waals surface area contributed by atoms with Gasteiger partial charge in [0.25, 0.3) is 0 Å². The lowest BCUT2D eigenvalue weighted by Crippen LogP contribution is -2.25. The maximum absolute atomic E-state index is 11.4. The van der Waals surface area contributed by atoms with Crippen molar-refractivity contribution in [2.24, 2.45) is 0 Å². The second-order valence-corrected chi connectivity index (χ2v) is 6.96. The van der Waals surface area contributed by atoms with Crippen molar-refractivity contribution in [1.29, 1.82) is 0 Å². The summed E-state index contributed by atoms with van der Waals surface area (Å²) in [6, 6.07) is 0. The smallest absolute Gasteiger partial charge is 0.151 e. The SMILES string of the molecule is O=S1(=O)CCC(c2ncc3c(n2)CNCC3)C1. The number of rotatable bonds is 1. The zero-order valence-corrected chi connectivity index (χ0v) is 10.3. The predicted octanol–water partition coefficient (Wildman–Crippen LogP) is 0.0244. The molecule has 0 aliphatic carbocycles. The van der Waals surface area contributed by atoms with Crippen molar-refractivity contribution < 1.29 is 8.42 Å². The van der Waals surface area contributed by atoms with E-state index in [1.807, 2.05) is 6.20 Å². The molecule has 1 saturated heterocycles. The van der Waals surface area contributed by atoms with Gasteiger partial charge in [0.2, 0.25) is 0 Å². The minimum absolute atomic E-state index is 0.00720. The van der Waals surface area contributed by atoms with E-state index >= 15 is 0 Å². The van der Waals surface area contributed by atoms with Crippen molar-refractivity contribution in [3.63, 3.8) is 0 Å². The molecular formula is C11H15N3O2S. The third kappa shape index (κ3) is 2.19. The molecule has 2 aliphatic rings. The number of fused-ring (bicyclic) bond motifs is 1. The molecule has 1 atom stereocenters. The molecule has 1 unspecified atom stereocenters. The van der Waals surface area contributed by atoms with Crippen molar-refractivity contribution in [2.75, 3.05) is 18.1 Å². The minimum Gasteiger partial charge on any atom is -0.311 e. The third-order valence-electron chi connectivity index (χ3n) is 3.43. The van der Waals surface area contributed by atoms with Crippen molar-refractivity contribution in [3.8, 4) is 0 Å². The van der Waals surface area contributed by atoms with Crippen LogP contribution in [0, 0.1) is 0 Å². The van der Waals surface area contributed by atoms with Gasteiger partial charge in [0.15, 0.2) is 9.84 Å². The zero-order valence-electron chi connectivity index (χ0n) is 9.52. The average Bonchev–Trinajstić information content (AvgIpc) is 2.69. The number of nitrogens with one attached hydrogen (secondary N) is 1. The monoisotopic (exact) mass is 253 g/mol. The van der Waals surface area contributed by atoms with E-state index in [0.29, 0.717) is 12.2 Å². The zero-order chi connectivity index (χ0) is 11.9. The van der Waals surface area contributed by atoms with Gasteiger partial charge in [-0.1, -0.05) is 0 Å². The molecule has 0 amide bonds. The van der Waals surface area contributed by atoms with Crippen LogP contribution in [0.2, 0.25) is 0 Å². The van der Waals surface area contributed by atoms with Crippen molar-refractivity contribution in [1.82, 2.24) is 15.3 Å². The highest BCUT2D eigenvalue weighted by Gasteiger charge is 2.31. The summed E-state index contributed by atoms with van der Waals surface area (Å²) in [5.74, 6) is 1.18. The summed E-state index contributed by atoms with van der Waals surface area (Å²) in [5, 5.41) is 3.27. The molecule has 3 rings (SSSR count). The molecule has 92 valence electrons. The first-order valence-corrected chi connectivity index (χ1v) is 7.72. The number of hydrogen-bond donors (Lipinski definition) is 1. The van der Waals surface area contributed by atoms with Crippen LogP contribution in [0.4, 0.5) is 0 Å². The van der Waals surface area contributed by atoms with Gasteiger partial charge >= 0.3 is 0 Å². The molecular weight excluding hydrogens is 238 g/mol. The topological polar surface area (TPSA) is 72.0 Å². The maximum Gasteiger partial charge on any atom is 0.151 e. The van der Waals surface area contributed by atoms with E-state index in [4.69, 9.17) is 0 Å². The Bertz CT molecular complexity index is 542. The summed E-state index contributed by atoms with van der Waals surface area (Å²) >= 11 is 0. The first-order chi connectivity index (χ1) is 8.14. The van der Waals surface area contributed by atoms with E-state index in [1.54, 1.807) is 0 Å². The van der Waals surface area contributed by atoms with E-state index in [0.717, 1.165) is 25.2 Å². The van der Waals surface area contributed by atoms with Gasteiger partial charge in [0.05, 0.1) is 17.2 Å². The van der Waals surface area contributed by atoms with E-state index in [9.17, 15) is 8.42 Å². The Kier molecular flexibility index (Phi) is 2.63. The second kappa shape index (κ2) is 4.03. The van der Waals surface area contributed by atoms with Crippen LogP contribution in [-0.2, 0) is 22.8 Å². The quantitative estimate of drug-likeness (QED) is 0.764. The van der Waals surface area contributed by atoms with Crippen molar-refractivity contribution in [2.45, 2.75) is 25.3 Å². The third-order valence-corrected chi connectivity index (χ3v) is 5.20. The van der Waals surface area contributed by atoms with Crippen LogP contribution < -0.4 is 5.32 Å². The fourth-order valence-electron chi connectivity index (χ4n) is 2.44. The molecule has 0 aromatic carbocycles.